The highest BCUT2D eigenvalue weighted by Gasteiger charge is 2.55. The maximum atomic E-state index is 12.7. The van der Waals surface area contributed by atoms with Crippen molar-refractivity contribution in [2.75, 3.05) is 6.54 Å². The van der Waals surface area contributed by atoms with Crippen molar-refractivity contribution >= 4 is 23.8 Å². The third-order valence-electron chi connectivity index (χ3n) is 5.05. The summed E-state index contributed by atoms with van der Waals surface area (Å²) in [4.78, 5) is 49.1. The Morgan fingerprint density at radius 3 is 2.58 bits per heavy atom. The van der Waals surface area contributed by atoms with Gasteiger partial charge in [0.25, 0.3) is 5.91 Å². The van der Waals surface area contributed by atoms with Crippen LogP contribution in [0.2, 0.25) is 0 Å². The SMILES string of the molecule is CC(C)[C@@H](NC(=O)CN1C(=O)NC2(CCCCC2C)C1=O)C(=O)O. The zero-order chi connectivity index (χ0) is 18.1. The van der Waals surface area contributed by atoms with Crippen molar-refractivity contribution in [2.45, 2.75) is 58.0 Å². The molecule has 24 heavy (non-hydrogen) atoms. The first-order valence-corrected chi connectivity index (χ1v) is 8.35. The number of rotatable bonds is 5. The second kappa shape index (κ2) is 6.78. The van der Waals surface area contributed by atoms with Gasteiger partial charge in [0.1, 0.15) is 18.1 Å². The number of nitrogens with zero attached hydrogens (tertiary/aromatic N) is 1. The predicted molar refractivity (Wildman–Crippen MR) is 85.0 cm³/mol. The molecule has 1 aliphatic carbocycles. The van der Waals surface area contributed by atoms with E-state index < -0.39 is 36.0 Å². The van der Waals surface area contributed by atoms with Crippen molar-refractivity contribution in [1.29, 1.82) is 0 Å². The maximum Gasteiger partial charge on any atom is 0.326 e. The van der Waals surface area contributed by atoms with Crippen molar-refractivity contribution in [2.24, 2.45) is 11.8 Å². The van der Waals surface area contributed by atoms with Crippen LogP contribution in [0.3, 0.4) is 0 Å². The molecule has 2 aliphatic rings. The number of carboxylic acid groups (broad SMARTS) is 1. The molecule has 8 nitrogen and oxygen atoms in total. The van der Waals surface area contributed by atoms with Crippen LogP contribution in [0.5, 0.6) is 0 Å². The average Bonchev–Trinajstić information content (AvgIpc) is 2.72. The van der Waals surface area contributed by atoms with Gasteiger partial charge in [-0.1, -0.05) is 33.6 Å². The smallest absolute Gasteiger partial charge is 0.326 e. The van der Waals surface area contributed by atoms with Crippen LogP contribution in [0.25, 0.3) is 0 Å². The Morgan fingerprint density at radius 2 is 2.04 bits per heavy atom. The first-order valence-electron chi connectivity index (χ1n) is 8.35. The lowest BCUT2D eigenvalue weighted by Gasteiger charge is -2.36. The van der Waals surface area contributed by atoms with Gasteiger partial charge in [0.15, 0.2) is 0 Å². The molecule has 3 N–H and O–H groups in total. The molecule has 3 atom stereocenters. The summed E-state index contributed by atoms with van der Waals surface area (Å²) in [6, 6.07) is -1.64. The van der Waals surface area contributed by atoms with E-state index in [9.17, 15) is 19.2 Å². The van der Waals surface area contributed by atoms with Crippen LogP contribution in [0.15, 0.2) is 0 Å². The highest BCUT2D eigenvalue weighted by molar-refractivity contribution is 6.09. The van der Waals surface area contributed by atoms with Crippen molar-refractivity contribution < 1.29 is 24.3 Å². The zero-order valence-corrected chi connectivity index (χ0v) is 14.3. The van der Waals surface area contributed by atoms with Crippen LogP contribution in [0.4, 0.5) is 4.79 Å². The lowest BCUT2D eigenvalue weighted by molar-refractivity contribution is -0.143. The Balaban J connectivity index is 2.07. The van der Waals surface area contributed by atoms with E-state index in [0.717, 1.165) is 24.2 Å². The van der Waals surface area contributed by atoms with E-state index in [4.69, 9.17) is 5.11 Å². The van der Waals surface area contributed by atoms with Crippen LogP contribution in [-0.4, -0.2) is 51.9 Å². The summed E-state index contributed by atoms with van der Waals surface area (Å²) >= 11 is 0. The number of carbonyl (C=O) groups excluding carboxylic acids is 3. The molecule has 1 saturated carbocycles. The van der Waals surface area contributed by atoms with Gasteiger partial charge in [-0.05, 0) is 24.7 Å². The van der Waals surface area contributed by atoms with Gasteiger partial charge in [-0.2, -0.15) is 0 Å². The molecule has 2 unspecified atom stereocenters. The number of amides is 4. The number of nitrogens with one attached hydrogen (secondary N) is 2. The van der Waals surface area contributed by atoms with Gasteiger partial charge in [0.2, 0.25) is 5.91 Å². The summed E-state index contributed by atoms with van der Waals surface area (Å²) in [5.41, 5.74) is -0.917. The molecule has 0 aromatic heterocycles. The Morgan fingerprint density at radius 1 is 1.38 bits per heavy atom. The highest BCUT2D eigenvalue weighted by Crippen LogP contribution is 2.38. The van der Waals surface area contributed by atoms with Crippen LogP contribution in [0.1, 0.15) is 46.5 Å². The Hall–Kier alpha value is -2.12. The molecular formula is C16H25N3O5. The fourth-order valence-corrected chi connectivity index (χ4v) is 3.52. The number of hydrogen-bond acceptors (Lipinski definition) is 4. The summed E-state index contributed by atoms with van der Waals surface area (Å²) in [7, 11) is 0. The number of hydrogen-bond donors (Lipinski definition) is 3. The average molecular weight is 339 g/mol. The third kappa shape index (κ3) is 3.22. The van der Waals surface area contributed by atoms with Crippen LogP contribution < -0.4 is 10.6 Å². The second-order valence-electron chi connectivity index (χ2n) is 7.07. The van der Waals surface area contributed by atoms with E-state index in [1.165, 1.54) is 0 Å². The van der Waals surface area contributed by atoms with Gasteiger partial charge < -0.3 is 15.7 Å². The molecule has 2 fully saturated rings. The highest BCUT2D eigenvalue weighted by atomic mass is 16.4. The molecule has 1 heterocycles. The minimum absolute atomic E-state index is 0.0122. The van der Waals surface area contributed by atoms with Gasteiger partial charge in [0.05, 0.1) is 0 Å². The lowest BCUT2D eigenvalue weighted by Crippen LogP contribution is -2.54. The molecule has 0 radical (unpaired) electrons. The van der Waals surface area contributed by atoms with E-state index in [0.29, 0.717) is 6.42 Å². The van der Waals surface area contributed by atoms with E-state index in [1.54, 1.807) is 13.8 Å². The zero-order valence-electron chi connectivity index (χ0n) is 14.3. The first-order chi connectivity index (χ1) is 11.2. The number of urea groups is 1. The number of carboxylic acids is 1. The summed E-state index contributed by atoms with van der Waals surface area (Å²) in [6.07, 6.45) is 3.28. The molecule has 0 aromatic rings. The molecule has 1 saturated heterocycles. The van der Waals surface area contributed by atoms with Gasteiger partial charge in [-0.25, -0.2) is 9.59 Å². The molecule has 134 valence electrons. The fraction of sp³-hybridized carbons (Fsp3) is 0.750. The standard InChI is InChI=1S/C16H25N3O5/c1-9(2)12(13(21)22)17-11(20)8-19-14(23)16(18-15(19)24)7-5-4-6-10(16)3/h9-10,12H,4-8H2,1-3H3,(H,17,20)(H,18,24)(H,21,22)/t10?,12-,16?/m1/s1. The monoisotopic (exact) mass is 339 g/mol. The molecule has 1 aliphatic heterocycles. The molecule has 0 aromatic carbocycles. The Labute approximate surface area is 141 Å². The first kappa shape index (κ1) is 18.2. The molecule has 1 spiro atoms. The molecule has 8 heteroatoms. The van der Waals surface area contributed by atoms with E-state index >= 15 is 0 Å². The second-order valence-corrected chi connectivity index (χ2v) is 7.07. The number of aliphatic carboxylic acids is 1. The summed E-state index contributed by atoms with van der Waals surface area (Å²) in [5, 5.41) is 14.3. The van der Waals surface area contributed by atoms with Crippen molar-refractivity contribution in [3.8, 4) is 0 Å². The quantitative estimate of drug-likeness (QED) is 0.638. The van der Waals surface area contributed by atoms with Gasteiger partial charge in [0, 0.05) is 0 Å². The minimum Gasteiger partial charge on any atom is -0.480 e. The number of imide groups is 1. The van der Waals surface area contributed by atoms with E-state index in [2.05, 4.69) is 10.6 Å². The molecule has 2 rings (SSSR count). The van der Waals surface area contributed by atoms with Crippen LogP contribution in [-0.2, 0) is 14.4 Å². The topological polar surface area (TPSA) is 116 Å². The summed E-state index contributed by atoms with van der Waals surface area (Å²) in [6.45, 7) is 4.81. The van der Waals surface area contributed by atoms with E-state index in [1.807, 2.05) is 6.92 Å². The minimum atomic E-state index is -1.15. The van der Waals surface area contributed by atoms with Crippen molar-refractivity contribution in [3.05, 3.63) is 0 Å². The van der Waals surface area contributed by atoms with Gasteiger partial charge in [-0.15, -0.1) is 0 Å². The Bertz CT molecular complexity index is 562. The molecule has 4 amide bonds. The van der Waals surface area contributed by atoms with Crippen molar-refractivity contribution in [3.63, 3.8) is 0 Å². The summed E-state index contributed by atoms with van der Waals surface area (Å²) < 4.78 is 0. The molecule has 0 bridgehead atoms. The fourth-order valence-electron chi connectivity index (χ4n) is 3.52. The normalized spacial score (nSPS) is 28.2. The predicted octanol–water partition coefficient (Wildman–Crippen LogP) is 0.713. The maximum absolute atomic E-state index is 12.7. The number of carbonyl (C=O) groups is 4. The van der Waals surface area contributed by atoms with Gasteiger partial charge in [-0.3, -0.25) is 14.5 Å². The van der Waals surface area contributed by atoms with Gasteiger partial charge >= 0.3 is 12.0 Å². The largest absolute Gasteiger partial charge is 0.480 e. The van der Waals surface area contributed by atoms with Crippen LogP contribution in [0, 0.1) is 11.8 Å². The van der Waals surface area contributed by atoms with Crippen LogP contribution >= 0.6 is 0 Å². The lowest BCUT2D eigenvalue weighted by atomic mass is 9.73. The Kier molecular flexibility index (Phi) is 5.15. The van der Waals surface area contributed by atoms with E-state index in [-0.39, 0.29) is 17.7 Å². The third-order valence-corrected chi connectivity index (χ3v) is 5.05. The van der Waals surface area contributed by atoms with Crippen molar-refractivity contribution in [1.82, 2.24) is 15.5 Å². The molecular weight excluding hydrogens is 314 g/mol. The summed E-state index contributed by atoms with van der Waals surface area (Å²) in [5.74, 6) is -2.48.